The van der Waals surface area contributed by atoms with Crippen molar-refractivity contribution >= 4 is 10.0 Å². The standard InChI is InChI=1S/C15H20N2O3S/c1-11-8-13(9-16)5-7-15(11)21(18,19)17(3)10-14-6-4-12(2)20-14/h4-8H,9-10,16H2,1-3H3. The fraction of sp³-hybridized carbons (Fsp3) is 0.333. The van der Waals surface area contributed by atoms with Gasteiger partial charge in [0.1, 0.15) is 11.5 Å². The molecule has 0 fully saturated rings. The molecule has 0 amide bonds. The Balaban J connectivity index is 2.28. The third-order valence-corrected chi connectivity index (χ3v) is 5.30. The van der Waals surface area contributed by atoms with Crippen molar-refractivity contribution in [3.8, 4) is 0 Å². The van der Waals surface area contributed by atoms with Crippen molar-refractivity contribution in [3.05, 3.63) is 53.0 Å². The van der Waals surface area contributed by atoms with Crippen LogP contribution in [-0.4, -0.2) is 19.8 Å². The maximum absolute atomic E-state index is 12.6. The van der Waals surface area contributed by atoms with Crippen molar-refractivity contribution in [2.24, 2.45) is 5.73 Å². The predicted molar refractivity (Wildman–Crippen MR) is 81.2 cm³/mol. The topological polar surface area (TPSA) is 76.5 Å². The molecule has 0 unspecified atom stereocenters. The van der Waals surface area contributed by atoms with Crippen LogP contribution in [0.2, 0.25) is 0 Å². The fourth-order valence-corrected chi connectivity index (χ4v) is 3.51. The summed E-state index contributed by atoms with van der Waals surface area (Å²) in [6.45, 7) is 4.20. The first-order valence-corrected chi connectivity index (χ1v) is 8.10. The van der Waals surface area contributed by atoms with Crippen LogP contribution in [-0.2, 0) is 23.1 Å². The van der Waals surface area contributed by atoms with Gasteiger partial charge in [-0.05, 0) is 43.2 Å². The number of rotatable bonds is 5. The van der Waals surface area contributed by atoms with E-state index in [4.69, 9.17) is 10.2 Å². The van der Waals surface area contributed by atoms with Gasteiger partial charge in [0.25, 0.3) is 0 Å². The van der Waals surface area contributed by atoms with E-state index in [0.29, 0.717) is 22.8 Å². The lowest BCUT2D eigenvalue weighted by molar-refractivity contribution is 0.397. The molecule has 2 rings (SSSR count). The van der Waals surface area contributed by atoms with Crippen LogP contribution in [0.3, 0.4) is 0 Å². The molecule has 1 heterocycles. The smallest absolute Gasteiger partial charge is 0.243 e. The summed E-state index contributed by atoms with van der Waals surface area (Å²) in [4.78, 5) is 0.297. The number of hydrogen-bond acceptors (Lipinski definition) is 4. The van der Waals surface area contributed by atoms with Crippen LogP contribution in [0, 0.1) is 13.8 Å². The second-order valence-electron chi connectivity index (χ2n) is 5.08. The summed E-state index contributed by atoms with van der Waals surface area (Å²) in [6, 6.07) is 8.75. The van der Waals surface area contributed by atoms with E-state index in [9.17, 15) is 8.42 Å². The molecule has 2 aromatic rings. The third kappa shape index (κ3) is 3.34. The first-order chi connectivity index (χ1) is 9.84. The van der Waals surface area contributed by atoms with Gasteiger partial charge in [-0.2, -0.15) is 4.31 Å². The van der Waals surface area contributed by atoms with E-state index < -0.39 is 10.0 Å². The molecule has 21 heavy (non-hydrogen) atoms. The Morgan fingerprint density at radius 2 is 1.90 bits per heavy atom. The Morgan fingerprint density at radius 1 is 1.19 bits per heavy atom. The second-order valence-corrected chi connectivity index (χ2v) is 7.09. The zero-order valence-electron chi connectivity index (χ0n) is 12.5. The number of sulfonamides is 1. The molecule has 2 N–H and O–H groups in total. The highest BCUT2D eigenvalue weighted by Crippen LogP contribution is 2.22. The number of nitrogens with two attached hydrogens (primary N) is 1. The lowest BCUT2D eigenvalue weighted by Gasteiger charge is -2.18. The Morgan fingerprint density at radius 3 is 2.43 bits per heavy atom. The molecule has 0 aliphatic heterocycles. The molecule has 0 bridgehead atoms. The quantitative estimate of drug-likeness (QED) is 0.918. The highest BCUT2D eigenvalue weighted by atomic mass is 32.2. The SMILES string of the molecule is Cc1ccc(CN(C)S(=O)(=O)c2ccc(CN)cc2C)o1. The summed E-state index contributed by atoms with van der Waals surface area (Å²) < 4.78 is 32.0. The minimum Gasteiger partial charge on any atom is -0.465 e. The number of aryl methyl sites for hydroxylation is 2. The number of hydrogen-bond donors (Lipinski definition) is 1. The highest BCUT2D eigenvalue weighted by Gasteiger charge is 2.23. The average molecular weight is 308 g/mol. The van der Waals surface area contributed by atoms with Crippen molar-refractivity contribution in [3.63, 3.8) is 0 Å². The predicted octanol–water partition coefficient (Wildman–Crippen LogP) is 2.18. The van der Waals surface area contributed by atoms with Gasteiger partial charge in [0.15, 0.2) is 0 Å². The van der Waals surface area contributed by atoms with Crippen LogP contribution < -0.4 is 5.73 Å². The van der Waals surface area contributed by atoms with Crippen molar-refractivity contribution in [2.45, 2.75) is 31.8 Å². The van der Waals surface area contributed by atoms with Crippen LogP contribution in [0.5, 0.6) is 0 Å². The molecule has 6 heteroatoms. The summed E-state index contributed by atoms with van der Waals surface area (Å²) >= 11 is 0. The lowest BCUT2D eigenvalue weighted by atomic mass is 10.1. The van der Waals surface area contributed by atoms with Crippen LogP contribution in [0.15, 0.2) is 39.6 Å². The van der Waals surface area contributed by atoms with E-state index in [1.54, 1.807) is 38.2 Å². The second kappa shape index (κ2) is 6.01. The van der Waals surface area contributed by atoms with Gasteiger partial charge in [0.2, 0.25) is 10.0 Å². The van der Waals surface area contributed by atoms with E-state index in [2.05, 4.69) is 0 Å². The van der Waals surface area contributed by atoms with Crippen LogP contribution >= 0.6 is 0 Å². The van der Waals surface area contributed by atoms with E-state index in [1.807, 2.05) is 13.0 Å². The number of benzene rings is 1. The van der Waals surface area contributed by atoms with Gasteiger partial charge in [-0.1, -0.05) is 12.1 Å². The highest BCUT2D eigenvalue weighted by molar-refractivity contribution is 7.89. The molecule has 114 valence electrons. The molecule has 0 spiro atoms. The van der Waals surface area contributed by atoms with Gasteiger partial charge in [0, 0.05) is 13.6 Å². The van der Waals surface area contributed by atoms with Crippen molar-refractivity contribution < 1.29 is 12.8 Å². The molecule has 0 radical (unpaired) electrons. The lowest BCUT2D eigenvalue weighted by Crippen LogP contribution is -2.27. The molecule has 1 aromatic carbocycles. The minimum atomic E-state index is -3.55. The average Bonchev–Trinajstić information content (AvgIpc) is 2.83. The molecule has 0 saturated heterocycles. The molecule has 0 aliphatic rings. The van der Waals surface area contributed by atoms with Crippen molar-refractivity contribution in [2.75, 3.05) is 7.05 Å². The molecular weight excluding hydrogens is 288 g/mol. The van der Waals surface area contributed by atoms with Crippen LogP contribution in [0.4, 0.5) is 0 Å². The van der Waals surface area contributed by atoms with E-state index in [-0.39, 0.29) is 6.54 Å². The van der Waals surface area contributed by atoms with Crippen LogP contribution in [0.1, 0.15) is 22.6 Å². The van der Waals surface area contributed by atoms with E-state index >= 15 is 0 Å². The first-order valence-electron chi connectivity index (χ1n) is 6.66. The molecule has 0 saturated carbocycles. The summed E-state index contributed by atoms with van der Waals surface area (Å²) in [5.74, 6) is 1.38. The molecule has 0 aliphatic carbocycles. The Labute approximate surface area is 125 Å². The van der Waals surface area contributed by atoms with Gasteiger partial charge in [-0.15, -0.1) is 0 Å². The van der Waals surface area contributed by atoms with Gasteiger partial charge in [-0.3, -0.25) is 0 Å². The summed E-state index contributed by atoms with van der Waals surface area (Å²) in [5.41, 5.74) is 7.18. The molecule has 5 nitrogen and oxygen atoms in total. The van der Waals surface area contributed by atoms with Crippen molar-refractivity contribution in [1.29, 1.82) is 0 Å². The van der Waals surface area contributed by atoms with Gasteiger partial charge in [-0.25, -0.2) is 8.42 Å². The first kappa shape index (κ1) is 15.8. The Hall–Kier alpha value is -1.63. The zero-order valence-corrected chi connectivity index (χ0v) is 13.3. The minimum absolute atomic E-state index is 0.203. The maximum atomic E-state index is 12.6. The zero-order chi connectivity index (χ0) is 15.6. The van der Waals surface area contributed by atoms with Gasteiger partial charge in [0.05, 0.1) is 11.4 Å². The maximum Gasteiger partial charge on any atom is 0.243 e. The van der Waals surface area contributed by atoms with E-state index in [0.717, 1.165) is 11.3 Å². The monoisotopic (exact) mass is 308 g/mol. The molecular formula is C15H20N2O3S. The van der Waals surface area contributed by atoms with Gasteiger partial charge >= 0.3 is 0 Å². The Bertz CT molecular complexity index is 735. The summed E-state index contributed by atoms with van der Waals surface area (Å²) in [6.07, 6.45) is 0. The fourth-order valence-electron chi connectivity index (χ4n) is 2.17. The Kier molecular flexibility index (Phi) is 4.51. The largest absolute Gasteiger partial charge is 0.465 e. The molecule has 0 atom stereocenters. The molecule has 1 aromatic heterocycles. The number of furan rings is 1. The number of nitrogens with zero attached hydrogens (tertiary/aromatic N) is 1. The van der Waals surface area contributed by atoms with Crippen LogP contribution in [0.25, 0.3) is 0 Å². The normalized spacial score (nSPS) is 12.0. The van der Waals surface area contributed by atoms with Gasteiger partial charge < -0.3 is 10.2 Å². The summed E-state index contributed by atoms with van der Waals surface area (Å²) in [7, 11) is -2.01. The third-order valence-electron chi connectivity index (χ3n) is 3.34. The van der Waals surface area contributed by atoms with Crippen molar-refractivity contribution in [1.82, 2.24) is 4.31 Å². The summed E-state index contributed by atoms with van der Waals surface area (Å²) in [5, 5.41) is 0. The van der Waals surface area contributed by atoms with E-state index in [1.165, 1.54) is 4.31 Å².